The van der Waals surface area contributed by atoms with E-state index in [2.05, 4.69) is 31.6 Å². The molecule has 2 rings (SSSR count). The lowest BCUT2D eigenvalue weighted by molar-refractivity contribution is -0.386. The number of aromatic nitrogens is 2. The number of aromatic hydroxyl groups is 1. The van der Waals surface area contributed by atoms with Gasteiger partial charge < -0.3 is 9.84 Å². The lowest BCUT2D eigenvalue weighted by Crippen LogP contribution is -2.28. The van der Waals surface area contributed by atoms with Crippen LogP contribution in [-0.4, -0.2) is 39.0 Å². The number of hydrazone groups is 1. The Morgan fingerprint density at radius 3 is 2.74 bits per heavy atom. The van der Waals surface area contributed by atoms with E-state index in [0.29, 0.717) is 10.0 Å². The third kappa shape index (κ3) is 4.25. The lowest BCUT2D eigenvalue weighted by atomic mass is 10.2. The Bertz CT molecular complexity index is 924. The first-order valence-electron chi connectivity index (χ1n) is 7.76. The van der Waals surface area contributed by atoms with Crippen molar-refractivity contribution in [1.82, 2.24) is 15.2 Å². The summed E-state index contributed by atoms with van der Waals surface area (Å²) in [4.78, 5) is 22.8. The van der Waals surface area contributed by atoms with Crippen LogP contribution in [0.5, 0.6) is 11.5 Å². The molecule has 0 aliphatic rings. The molecule has 0 bridgehead atoms. The summed E-state index contributed by atoms with van der Waals surface area (Å²) >= 11 is 3.20. The highest BCUT2D eigenvalue weighted by atomic mass is 79.9. The van der Waals surface area contributed by atoms with Crippen molar-refractivity contribution in [2.45, 2.75) is 26.8 Å². The molecule has 1 aromatic heterocycles. The second-order valence-corrected chi connectivity index (χ2v) is 6.54. The van der Waals surface area contributed by atoms with Crippen molar-refractivity contribution in [2.75, 3.05) is 7.11 Å². The SMILES string of the molecule is COc1cc(/C=N/NC(=O)C(C)n2nc(C)c([N+](=O)[O-])c2C)cc(Br)c1O. The number of ether oxygens (including phenoxy) is 1. The minimum absolute atomic E-state index is 0.0431. The quantitative estimate of drug-likeness (QED) is 0.403. The van der Waals surface area contributed by atoms with Gasteiger partial charge in [-0.15, -0.1) is 0 Å². The Kier molecular flexibility index (Phi) is 6.16. The summed E-state index contributed by atoms with van der Waals surface area (Å²) in [5.74, 6) is -0.282. The fourth-order valence-electron chi connectivity index (χ4n) is 2.49. The summed E-state index contributed by atoms with van der Waals surface area (Å²) in [7, 11) is 1.42. The van der Waals surface area contributed by atoms with Crippen molar-refractivity contribution in [1.29, 1.82) is 0 Å². The van der Waals surface area contributed by atoms with Gasteiger partial charge in [0.25, 0.3) is 5.91 Å². The molecule has 0 radical (unpaired) electrons. The molecule has 0 aliphatic heterocycles. The molecule has 144 valence electrons. The Morgan fingerprint density at radius 2 is 2.19 bits per heavy atom. The van der Waals surface area contributed by atoms with Crippen LogP contribution in [-0.2, 0) is 4.79 Å². The fourth-order valence-corrected chi connectivity index (χ4v) is 2.95. The number of benzene rings is 1. The van der Waals surface area contributed by atoms with Gasteiger partial charge in [-0.2, -0.15) is 10.2 Å². The van der Waals surface area contributed by atoms with E-state index >= 15 is 0 Å². The highest BCUT2D eigenvalue weighted by Crippen LogP contribution is 2.34. The number of nitro groups is 1. The van der Waals surface area contributed by atoms with Gasteiger partial charge in [0.05, 0.1) is 22.7 Å². The van der Waals surface area contributed by atoms with Crippen LogP contribution in [0.1, 0.15) is 29.9 Å². The van der Waals surface area contributed by atoms with Gasteiger partial charge in [0.1, 0.15) is 17.4 Å². The molecule has 0 spiro atoms. The number of hydrogen-bond acceptors (Lipinski definition) is 7. The van der Waals surface area contributed by atoms with Crippen LogP contribution in [0.3, 0.4) is 0 Å². The van der Waals surface area contributed by atoms with Crippen molar-refractivity contribution < 1.29 is 19.6 Å². The predicted octanol–water partition coefficient (Wildman–Crippen LogP) is 2.60. The van der Waals surface area contributed by atoms with Crippen molar-refractivity contribution in [3.63, 3.8) is 0 Å². The molecule has 27 heavy (non-hydrogen) atoms. The Morgan fingerprint density at radius 1 is 1.52 bits per heavy atom. The Labute approximate surface area is 163 Å². The molecule has 1 aromatic carbocycles. The van der Waals surface area contributed by atoms with E-state index in [0.717, 1.165) is 0 Å². The fraction of sp³-hybridized carbons (Fsp3) is 0.312. The molecule has 0 fully saturated rings. The minimum Gasteiger partial charge on any atom is -0.503 e. The molecule has 2 aromatic rings. The summed E-state index contributed by atoms with van der Waals surface area (Å²) in [6.07, 6.45) is 1.38. The van der Waals surface area contributed by atoms with Crippen molar-refractivity contribution in [3.8, 4) is 11.5 Å². The number of halogens is 1. The van der Waals surface area contributed by atoms with E-state index in [1.807, 2.05) is 0 Å². The molecule has 1 heterocycles. The van der Waals surface area contributed by atoms with Crippen LogP contribution >= 0.6 is 15.9 Å². The zero-order valence-electron chi connectivity index (χ0n) is 15.1. The Balaban J connectivity index is 2.14. The number of nitrogens with one attached hydrogen (secondary N) is 1. The molecule has 0 saturated carbocycles. The van der Waals surface area contributed by atoms with Gasteiger partial charge in [0.15, 0.2) is 11.5 Å². The summed E-state index contributed by atoms with van der Waals surface area (Å²) in [6.45, 7) is 4.61. The van der Waals surface area contributed by atoms with Crippen molar-refractivity contribution >= 4 is 33.7 Å². The summed E-state index contributed by atoms with van der Waals surface area (Å²) < 4.78 is 6.75. The molecule has 11 heteroatoms. The predicted molar refractivity (Wildman–Crippen MR) is 101 cm³/mol. The standard InChI is InChI=1S/C16H18BrN5O5/c1-8-14(22(25)26)9(2)21(20-8)10(3)16(24)19-18-7-11-5-12(17)15(23)13(6-11)27-4/h5-7,10,23H,1-4H3,(H,19,24)/b18-7+. The number of nitrogens with zero attached hydrogens (tertiary/aromatic N) is 4. The topological polar surface area (TPSA) is 132 Å². The molecule has 10 nitrogen and oxygen atoms in total. The van der Waals surface area contributed by atoms with E-state index in [1.54, 1.807) is 19.1 Å². The molecular formula is C16H18BrN5O5. The minimum atomic E-state index is -0.796. The van der Waals surface area contributed by atoms with Crippen molar-refractivity contribution in [3.05, 3.63) is 43.7 Å². The van der Waals surface area contributed by atoms with Crippen LogP contribution < -0.4 is 10.2 Å². The second kappa shape index (κ2) is 8.16. The van der Waals surface area contributed by atoms with Crippen LogP contribution in [0, 0.1) is 24.0 Å². The van der Waals surface area contributed by atoms with E-state index in [-0.39, 0.29) is 28.6 Å². The highest BCUT2D eigenvalue weighted by Gasteiger charge is 2.26. The molecule has 0 aliphatic carbocycles. The number of rotatable bonds is 6. The first kappa shape index (κ1) is 20.4. The zero-order valence-corrected chi connectivity index (χ0v) is 16.6. The van der Waals surface area contributed by atoms with Gasteiger partial charge in [0, 0.05) is 0 Å². The van der Waals surface area contributed by atoms with Gasteiger partial charge in [0.2, 0.25) is 0 Å². The lowest BCUT2D eigenvalue weighted by Gasteiger charge is -2.11. The zero-order chi connectivity index (χ0) is 20.3. The average molecular weight is 440 g/mol. The van der Waals surface area contributed by atoms with E-state index in [9.17, 15) is 20.0 Å². The average Bonchev–Trinajstić information content (AvgIpc) is 2.91. The number of carbonyl (C=O) groups is 1. The van der Waals surface area contributed by atoms with E-state index in [4.69, 9.17) is 4.74 Å². The molecule has 1 unspecified atom stereocenters. The van der Waals surface area contributed by atoms with Gasteiger partial charge in [-0.1, -0.05) is 0 Å². The maximum Gasteiger partial charge on any atom is 0.312 e. The van der Waals surface area contributed by atoms with Crippen molar-refractivity contribution in [2.24, 2.45) is 5.10 Å². The number of carbonyl (C=O) groups excluding carboxylic acids is 1. The molecule has 0 saturated heterocycles. The smallest absolute Gasteiger partial charge is 0.312 e. The van der Waals surface area contributed by atoms with Gasteiger partial charge in [-0.3, -0.25) is 19.6 Å². The second-order valence-electron chi connectivity index (χ2n) is 5.68. The van der Waals surface area contributed by atoms with Gasteiger partial charge in [-0.05, 0) is 54.4 Å². The van der Waals surface area contributed by atoms with Crippen LogP contribution in [0.4, 0.5) is 5.69 Å². The van der Waals surface area contributed by atoms with E-state index < -0.39 is 16.9 Å². The summed E-state index contributed by atoms with van der Waals surface area (Å²) in [5.41, 5.74) is 3.36. The number of phenols is 1. The van der Waals surface area contributed by atoms with Crippen LogP contribution in [0.25, 0.3) is 0 Å². The number of hydrogen-bond donors (Lipinski definition) is 2. The number of amides is 1. The first-order valence-corrected chi connectivity index (χ1v) is 8.56. The molecule has 2 N–H and O–H groups in total. The molecular weight excluding hydrogens is 422 g/mol. The van der Waals surface area contributed by atoms with Gasteiger partial charge >= 0.3 is 5.69 Å². The maximum absolute atomic E-state index is 12.3. The first-order chi connectivity index (χ1) is 12.7. The van der Waals surface area contributed by atoms with Crippen LogP contribution in [0.15, 0.2) is 21.7 Å². The molecule has 1 atom stereocenters. The Hall–Kier alpha value is -2.95. The largest absolute Gasteiger partial charge is 0.503 e. The van der Waals surface area contributed by atoms with Gasteiger partial charge in [-0.25, -0.2) is 5.43 Å². The molecule has 1 amide bonds. The normalized spacial score (nSPS) is 12.2. The van der Waals surface area contributed by atoms with E-state index in [1.165, 1.54) is 31.9 Å². The van der Waals surface area contributed by atoms with Crippen LogP contribution in [0.2, 0.25) is 0 Å². The third-order valence-electron chi connectivity index (χ3n) is 3.87. The monoisotopic (exact) mass is 439 g/mol. The maximum atomic E-state index is 12.3. The summed E-state index contributed by atoms with van der Waals surface area (Å²) in [5, 5.41) is 28.8. The highest BCUT2D eigenvalue weighted by molar-refractivity contribution is 9.10. The summed E-state index contributed by atoms with van der Waals surface area (Å²) in [6, 6.07) is 2.35. The number of aryl methyl sites for hydroxylation is 1. The number of methoxy groups -OCH3 is 1. The number of phenolic OH excluding ortho intramolecular Hbond substituents is 1. The third-order valence-corrected chi connectivity index (χ3v) is 4.48.